The molecule has 0 saturated carbocycles. The van der Waals surface area contributed by atoms with E-state index in [1.54, 1.807) is 43.1 Å². The summed E-state index contributed by atoms with van der Waals surface area (Å²) in [5, 5.41) is 3.91. The van der Waals surface area contributed by atoms with Crippen molar-refractivity contribution in [2.75, 3.05) is 26.3 Å². The fourth-order valence-corrected chi connectivity index (χ4v) is 4.32. The lowest BCUT2D eigenvalue weighted by Gasteiger charge is -2.26. The molecule has 4 rings (SSSR count). The van der Waals surface area contributed by atoms with E-state index < -0.39 is 0 Å². The zero-order valence-electron chi connectivity index (χ0n) is 18.8. The number of morpholine rings is 1. The van der Waals surface area contributed by atoms with Crippen LogP contribution >= 0.6 is 11.6 Å². The Bertz CT molecular complexity index is 1290. The molecule has 1 aliphatic heterocycles. The van der Waals surface area contributed by atoms with Gasteiger partial charge in [0.2, 0.25) is 5.91 Å². The Labute approximate surface area is 196 Å². The summed E-state index contributed by atoms with van der Waals surface area (Å²) < 4.78 is 8.63. The summed E-state index contributed by atoms with van der Waals surface area (Å²) in [6.45, 7) is 3.55. The highest BCUT2D eigenvalue weighted by atomic mass is 35.5. The number of nitrogens with zero attached hydrogens (tertiary/aromatic N) is 3. The molecule has 1 amide bonds. The number of amides is 1. The minimum absolute atomic E-state index is 0.0438. The van der Waals surface area contributed by atoms with Gasteiger partial charge in [-0.1, -0.05) is 23.7 Å². The van der Waals surface area contributed by atoms with Crippen molar-refractivity contribution in [1.29, 1.82) is 0 Å². The molecule has 0 atom stereocenters. The number of ether oxygens (including phenoxy) is 1. The van der Waals surface area contributed by atoms with Gasteiger partial charge >= 0.3 is 0 Å². The van der Waals surface area contributed by atoms with E-state index in [9.17, 15) is 14.4 Å². The Morgan fingerprint density at radius 3 is 2.48 bits per heavy atom. The zero-order valence-corrected chi connectivity index (χ0v) is 19.5. The van der Waals surface area contributed by atoms with E-state index in [-0.39, 0.29) is 23.3 Å². The van der Waals surface area contributed by atoms with Crippen molar-refractivity contribution in [2.45, 2.75) is 19.5 Å². The predicted molar refractivity (Wildman–Crippen MR) is 128 cm³/mol. The van der Waals surface area contributed by atoms with E-state index in [1.807, 2.05) is 12.1 Å². The summed E-state index contributed by atoms with van der Waals surface area (Å²) >= 11 is 5.89. The average molecular weight is 471 g/mol. The van der Waals surface area contributed by atoms with E-state index >= 15 is 0 Å². The van der Waals surface area contributed by atoms with Crippen molar-refractivity contribution < 1.29 is 9.53 Å². The van der Waals surface area contributed by atoms with E-state index in [4.69, 9.17) is 16.3 Å². The predicted octanol–water partition coefficient (Wildman–Crippen LogP) is 1.58. The third kappa shape index (κ3) is 5.19. The summed E-state index contributed by atoms with van der Waals surface area (Å²) in [6, 6.07) is 8.90. The van der Waals surface area contributed by atoms with Gasteiger partial charge in [-0.05, 0) is 23.8 Å². The van der Waals surface area contributed by atoms with Crippen molar-refractivity contribution in [1.82, 2.24) is 19.4 Å². The maximum atomic E-state index is 13.3. The van der Waals surface area contributed by atoms with Crippen molar-refractivity contribution in [3.63, 3.8) is 0 Å². The van der Waals surface area contributed by atoms with Gasteiger partial charge in [0.1, 0.15) is 5.65 Å². The lowest BCUT2D eigenvalue weighted by atomic mass is 10.1. The molecular weight excluding hydrogens is 444 g/mol. The first-order valence-corrected chi connectivity index (χ1v) is 11.2. The van der Waals surface area contributed by atoms with Gasteiger partial charge in [-0.25, -0.2) is 0 Å². The topological polar surface area (TPSA) is 85.6 Å². The van der Waals surface area contributed by atoms with Crippen LogP contribution in [-0.4, -0.2) is 46.2 Å². The maximum Gasteiger partial charge on any atom is 0.256 e. The van der Waals surface area contributed by atoms with Crippen LogP contribution in [0.3, 0.4) is 0 Å². The molecule has 174 valence electrons. The molecule has 2 aromatic heterocycles. The lowest BCUT2D eigenvalue weighted by Crippen LogP contribution is -2.38. The van der Waals surface area contributed by atoms with Crippen molar-refractivity contribution in [3.05, 3.63) is 78.8 Å². The van der Waals surface area contributed by atoms with E-state index in [2.05, 4.69) is 10.2 Å². The number of halogens is 1. The first-order valence-electron chi connectivity index (χ1n) is 10.9. The quantitative estimate of drug-likeness (QED) is 0.591. The fraction of sp³-hybridized carbons (Fsp3) is 0.375. The summed E-state index contributed by atoms with van der Waals surface area (Å²) in [5.41, 5.74) is 2.03. The molecule has 1 aromatic carbocycles. The summed E-state index contributed by atoms with van der Waals surface area (Å²) in [6.07, 6.45) is 1.59. The van der Waals surface area contributed by atoms with E-state index in [0.717, 1.165) is 18.7 Å². The molecule has 9 heteroatoms. The number of rotatable bonds is 6. The number of benzene rings is 1. The SMILES string of the molecule is Cn1cc(CC(=O)NCc2ccc(Cl)cc2)c(=O)c2cc(CN3CCOCC3)c(=O)n(C)c21. The smallest absolute Gasteiger partial charge is 0.256 e. The van der Waals surface area contributed by atoms with Crippen LogP contribution in [0.2, 0.25) is 5.02 Å². The maximum absolute atomic E-state index is 13.3. The van der Waals surface area contributed by atoms with Gasteiger partial charge < -0.3 is 14.6 Å². The molecule has 1 fully saturated rings. The van der Waals surface area contributed by atoms with Gasteiger partial charge in [0.25, 0.3) is 5.56 Å². The highest BCUT2D eigenvalue weighted by Gasteiger charge is 2.18. The number of aromatic nitrogens is 2. The highest BCUT2D eigenvalue weighted by molar-refractivity contribution is 6.30. The first kappa shape index (κ1) is 23.2. The molecule has 0 unspecified atom stereocenters. The summed E-state index contributed by atoms with van der Waals surface area (Å²) in [7, 11) is 3.45. The highest BCUT2D eigenvalue weighted by Crippen LogP contribution is 2.13. The average Bonchev–Trinajstić information content (AvgIpc) is 2.80. The molecule has 8 nitrogen and oxygen atoms in total. The molecule has 1 saturated heterocycles. The van der Waals surface area contributed by atoms with Gasteiger partial charge in [-0.2, -0.15) is 0 Å². The van der Waals surface area contributed by atoms with Crippen LogP contribution in [-0.2, 0) is 43.1 Å². The van der Waals surface area contributed by atoms with Gasteiger partial charge in [0.05, 0.1) is 25.0 Å². The number of nitrogens with one attached hydrogen (secondary N) is 1. The summed E-state index contributed by atoms with van der Waals surface area (Å²) in [4.78, 5) is 40.9. The van der Waals surface area contributed by atoms with Gasteiger partial charge in [-0.15, -0.1) is 0 Å². The molecule has 1 N–H and O–H groups in total. The second-order valence-electron chi connectivity index (χ2n) is 8.33. The van der Waals surface area contributed by atoms with Gasteiger partial charge in [0.15, 0.2) is 5.43 Å². The molecule has 0 spiro atoms. The standard InChI is InChI=1S/C24H27ClN4O4/c1-27-14-17(12-21(30)26-13-16-3-5-19(25)6-4-16)22(31)20-11-18(24(32)28(2)23(20)27)15-29-7-9-33-10-8-29/h3-6,11,14H,7-10,12-13,15H2,1-2H3,(H,26,30). The molecule has 0 aliphatic carbocycles. The Balaban J connectivity index is 1.59. The van der Waals surface area contributed by atoms with E-state index in [1.165, 1.54) is 4.57 Å². The van der Waals surface area contributed by atoms with Crippen LogP contribution in [0.15, 0.2) is 46.1 Å². The van der Waals surface area contributed by atoms with Gasteiger partial charge in [-0.3, -0.25) is 23.9 Å². The number of fused-ring (bicyclic) bond motifs is 1. The molecule has 0 radical (unpaired) electrons. The molecular formula is C24H27ClN4O4. The van der Waals surface area contributed by atoms with Crippen LogP contribution in [0.4, 0.5) is 0 Å². The first-order chi connectivity index (χ1) is 15.8. The van der Waals surface area contributed by atoms with Gasteiger partial charge in [0, 0.05) is 62.6 Å². The monoisotopic (exact) mass is 470 g/mol. The van der Waals surface area contributed by atoms with Crippen molar-refractivity contribution >= 4 is 28.5 Å². The van der Waals surface area contributed by atoms with E-state index in [0.29, 0.717) is 53.5 Å². The number of aryl methyl sites for hydroxylation is 2. The zero-order chi connectivity index (χ0) is 23.5. The molecule has 1 aliphatic rings. The minimum atomic E-state index is -0.250. The van der Waals surface area contributed by atoms with Crippen LogP contribution in [0.25, 0.3) is 11.0 Å². The van der Waals surface area contributed by atoms with Crippen LogP contribution in [0, 0.1) is 0 Å². The number of pyridine rings is 2. The van der Waals surface area contributed by atoms with Crippen molar-refractivity contribution in [3.8, 4) is 0 Å². The van der Waals surface area contributed by atoms with Crippen LogP contribution in [0.1, 0.15) is 16.7 Å². The Hall–Kier alpha value is -2.94. The molecule has 33 heavy (non-hydrogen) atoms. The summed E-state index contributed by atoms with van der Waals surface area (Å²) in [5.74, 6) is -0.250. The lowest BCUT2D eigenvalue weighted by molar-refractivity contribution is -0.120. The van der Waals surface area contributed by atoms with Crippen molar-refractivity contribution in [2.24, 2.45) is 14.1 Å². The Morgan fingerprint density at radius 1 is 1.09 bits per heavy atom. The Kier molecular flexibility index (Phi) is 6.97. The fourth-order valence-electron chi connectivity index (χ4n) is 4.19. The number of carbonyl (C=O) groups excluding carboxylic acids is 1. The molecule has 0 bridgehead atoms. The molecule has 3 heterocycles. The number of hydrogen-bond acceptors (Lipinski definition) is 5. The minimum Gasteiger partial charge on any atom is -0.379 e. The second-order valence-corrected chi connectivity index (χ2v) is 8.77. The second kappa shape index (κ2) is 9.91. The largest absolute Gasteiger partial charge is 0.379 e. The number of hydrogen-bond donors (Lipinski definition) is 1. The molecule has 3 aromatic rings. The Morgan fingerprint density at radius 2 is 1.79 bits per heavy atom. The van der Waals surface area contributed by atoms with Crippen LogP contribution in [0.5, 0.6) is 0 Å². The normalized spacial score (nSPS) is 14.5. The number of carbonyl (C=O) groups is 1. The third-order valence-electron chi connectivity index (χ3n) is 5.93. The third-order valence-corrected chi connectivity index (χ3v) is 6.18. The van der Waals surface area contributed by atoms with Crippen LogP contribution < -0.4 is 16.3 Å².